The van der Waals surface area contributed by atoms with Crippen LogP contribution in [-0.2, 0) is 16.6 Å². The quantitative estimate of drug-likeness (QED) is 0.365. The normalized spacial score (nSPS) is 11.5. The Morgan fingerprint density at radius 3 is 2.58 bits per heavy atom. The van der Waals surface area contributed by atoms with Gasteiger partial charge in [-0.1, -0.05) is 23.7 Å². The summed E-state index contributed by atoms with van der Waals surface area (Å²) in [6, 6.07) is 15.4. The van der Waals surface area contributed by atoms with E-state index in [1.807, 2.05) is 0 Å². The first-order valence-corrected chi connectivity index (χ1v) is 11.5. The predicted molar refractivity (Wildman–Crippen MR) is 123 cm³/mol. The molecule has 0 aliphatic heterocycles. The number of anilines is 1. The molecule has 0 fully saturated rings. The summed E-state index contributed by atoms with van der Waals surface area (Å²) in [6.45, 7) is 0.0298. The van der Waals surface area contributed by atoms with Crippen LogP contribution in [0.25, 0.3) is 11.1 Å². The number of nitrogens with one attached hydrogen (secondary N) is 3. The van der Waals surface area contributed by atoms with Crippen molar-refractivity contribution in [1.29, 1.82) is 0 Å². The van der Waals surface area contributed by atoms with E-state index in [9.17, 15) is 18.0 Å². The van der Waals surface area contributed by atoms with Crippen molar-refractivity contribution in [1.82, 2.24) is 9.71 Å². The highest BCUT2D eigenvalue weighted by atomic mass is 35.5. The van der Waals surface area contributed by atoms with Gasteiger partial charge in [0.15, 0.2) is 5.58 Å². The van der Waals surface area contributed by atoms with Gasteiger partial charge in [0.25, 0.3) is 5.91 Å². The Morgan fingerprint density at radius 1 is 1.09 bits per heavy atom. The molecule has 4 aromatic rings. The molecule has 1 heterocycles. The average molecular weight is 488 g/mol. The summed E-state index contributed by atoms with van der Waals surface area (Å²) in [5, 5.41) is 3.21. The molecule has 3 N–H and O–H groups in total. The molecular weight excluding hydrogens is 470 g/mol. The van der Waals surface area contributed by atoms with E-state index in [-0.39, 0.29) is 22.8 Å². The standard InChI is InChI=1S/C22H18ClN3O6S/c1-31-19-8-4-14(21(27)25-16-7-9-18-17(11-16)26-22(28)32-18)10-20(19)33(29,30)24-12-13-2-5-15(23)6-3-13/h2-11,24H,12H2,1H3,(H,25,27)(H,26,28). The molecule has 0 atom stereocenters. The summed E-state index contributed by atoms with van der Waals surface area (Å²) in [6.07, 6.45) is 0. The first kappa shape index (κ1) is 22.6. The van der Waals surface area contributed by atoms with E-state index >= 15 is 0 Å². The summed E-state index contributed by atoms with van der Waals surface area (Å²) in [4.78, 5) is 26.4. The summed E-state index contributed by atoms with van der Waals surface area (Å²) in [7, 11) is -2.66. The van der Waals surface area contributed by atoms with Crippen LogP contribution in [0.3, 0.4) is 0 Å². The smallest absolute Gasteiger partial charge is 0.417 e. The Labute approximate surface area is 193 Å². The SMILES string of the molecule is COc1ccc(C(=O)Nc2ccc3oc(=O)[nH]c3c2)cc1S(=O)(=O)NCc1ccc(Cl)cc1. The minimum absolute atomic E-state index is 0.0298. The molecule has 9 nitrogen and oxygen atoms in total. The van der Waals surface area contributed by atoms with Crippen LogP contribution in [0.1, 0.15) is 15.9 Å². The highest BCUT2D eigenvalue weighted by molar-refractivity contribution is 7.89. The highest BCUT2D eigenvalue weighted by Crippen LogP contribution is 2.26. The average Bonchev–Trinajstić information content (AvgIpc) is 3.17. The number of aromatic amines is 1. The first-order chi connectivity index (χ1) is 15.7. The molecule has 11 heteroatoms. The third kappa shape index (κ3) is 5.08. The largest absolute Gasteiger partial charge is 0.495 e. The van der Waals surface area contributed by atoms with E-state index in [2.05, 4.69) is 15.0 Å². The summed E-state index contributed by atoms with van der Waals surface area (Å²) < 4.78 is 38.5. The maximum Gasteiger partial charge on any atom is 0.417 e. The van der Waals surface area contributed by atoms with Gasteiger partial charge in [-0.2, -0.15) is 0 Å². The second kappa shape index (κ2) is 9.10. The Kier molecular flexibility index (Phi) is 6.23. The number of amides is 1. The lowest BCUT2D eigenvalue weighted by Gasteiger charge is -2.13. The second-order valence-electron chi connectivity index (χ2n) is 7.00. The van der Waals surface area contributed by atoms with Gasteiger partial charge in [0.05, 0.1) is 12.6 Å². The van der Waals surface area contributed by atoms with E-state index in [0.29, 0.717) is 27.4 Å². The summed E-state index contributed by atoms with van der Waals surface area (Å²) in [5.41, 5.74) is 1.97. The molecule has 4 rings (SSSR count). The van der Waals surface area contributed by atoms with Crippen molar-refractivity contribution in [3.63, 3.8) is 0 Å². The summed E-state index contributed by atoms with van der Waals surface area (Å²) in [5.74, 6) is -1.06. The number of fused-ring (bicyclic) bond motifs is 1. The lowest BCUT2D eigenvalue weighted by atomic mass is 10.2. The first-order valence-electron chi connectivity index (χ1n) is 9.61. The van der Waals surface area contributed by atoms with Gasteiger partial charge in [0.2, 0.25) is 10.0 Å². The predicted octanol–water partition coefficient (Wildman–Crippen LogP) is 3.51. The van der Waals surface area contributed by atoms with Crippen molar-refractivity contribution in [2.75, 3.05) is 12.4 Å². The zero-order valence-corrected chi connectivity index (χ0v) is 18.8. The van der Waals surface area contributed by atoms with Crippen molar-refractivity contribution in [3.05, 3.63) is 87.4 Å². The van der Waals surface area contributed by atoms with Crippen molar-refractivity contribution in [2.45, 2.75) is 11.4 Å². The van der Waals surface area contributed by atoms with Crippen LogP contribution in [0.4, 0.5) is 5.69 Å². The van der Waals surface area contributed by atoms with Crippen LogP contribution in [-0.4, -0.2) is 26.4 Å². The molecule has 0 saturated heterocycles. The number of methoxy groups -OCH3 is 1. The molecule has 0 aliphatic rings. The number of rotatable bonds is 7. The number of hydrogen-bond donors (Lipinski definition) is 3. The van der Waals surface area contributed by atoms with E-state index in [1.165, 1.54) is 37.4 Å². The van der Waals surface area contributed by atoms with Crippen LogP contribution in [0, 0.1) is 0 Å². The van der Waals surface area contributed by atoms with E-state index in [0.717, 1.165) is 0 Å². The molecule has 3 aromatic carbocycles. The van der Waals surface area contributed by atoms with Crippen LogP contribution in [0.15, 0.2) is 74.8 Å². The molecule has 1 amide bonds. The Bertz CT molecular complexity index is 1490. The highest BCUT2D eigenvalue weighted by Gasteiger charge is 2.22. The fraction of sp³-hybridized carbons (Fsp3) is 0.0909. The third-order valence-electron chi connectivity index (χ3n) is 4.77. The van der Waals surface area contributed by atoms with Gasteiger partial charge in [-0.25, -0.2) is 17.9 Å². The lowest BCUT2D eigenvalue weighted by Crippen LogP contribution is -2.24. The van der Waals surface area contributed by atoms with Crippen molar-refractivity contribution in [2.24, 2.45) is 0 Å². The molecule has 0 bridgehead atoms. The topological polar surface area (TPSA) is 130 Å². The van der Waals surface area contributed by atoms with Gasteiger partial charge in [0, 0.05) is 22.8 Å². The van der Waals surface area contributed by atoms with Crippen LogP contribution in [0.2, 0.25) is 5.02 Å². The molecule has 33 heavy (non-hydrogen) atoms. The van der Waals surface area contributed by atoms with Gasteiger partial charge in [-0.3, -0.25) is 9.78 Å². The van der Waals surface area contributed by atoms with E-state index in [4.69, 9.17) is 20.8 Å². The number of carbonyl (C=O) groups is 1. The third-order valence-corrected chi connectivity index (χ3v) is 6.45. The van der Waals surface area contributed by atoms with E-state index < -0.39 is 21.7 Å². The van der Waals surface area contributed by atoms with Gasteiger partial charge >= 0.3 is 5.76 Å². The number of sulfonamides is 1. The summed E-state index contributed by atoms with van der Waals surface area (Å²) >= 11 is 5.86. The Morgan fingerprint density at radius 2 is 1.85 bits per heavy atom. The van der Waals surface area contributed by atoms with Crippen LogP contribution < -0.4 is 20.5 Å². The van der Waals surface area contributed by atoms with Crippen LogP contribution >= 0.6 is 11.6 Å². The number of oxazole rings is 1. The number of ether oxygens (including phenoxy) is 1. The lowest BCUT2D eigenvalue weighted by molar-refractivity contribution is 0.102. The van der Waals surface area contributed by atoms with Crippen molar-refractivity contribution >= 4 is 44.3 Å². The minimum atomic E-state index is -4.01. The van der Waals surface area contributed by atoms with Crippen molar-refractivity contribution in [3.8, 4) is 5.75 Å². The number of carbonyl (C=O) groups excluding carboxylic acids is 1. The molecule has 0 aliphatic carbocycles. The van der Waals surface area contributed by atoms with Gasteiger partial charge in [0.1, 0.15) is 10.6 Å². The van der Waals surface area contributed by atoms with Crippen LogP contribution in [0.5, 0.6) is 5.75 Å². The maximum atomic E-state index is 12.9. The number of halogens is 1. The minimum Gasteiger partial charge on any atom is -0.495 e. The number of benzene rings is 3. The van der Waals surface area contributed by atoms with Gasteiger partial charge in [-0.15, -0.1) is 0 Å². The Balaban J connectivity index is 1.57. The van der Waals surface area contributed by atoms with Gasteiger partial charge in [-0.05, 0) is 54.1 Å². The molecule has 0 spiro atoms. The second-order valence-corrected chi connectivity index (χ2v) is 9.17. The molecule has 0 saturated carbocycles. The zero-order valence-electron chi connectivity index (χ0n) is 17.2. The number of aromatic nitrogens is 1. The molecule has 0 radical (unpaired) electrons. The number of hydrogen-bond acceptors (Lipinski definition) is 6. The van der Waals surface area contributed by atoms with E-state index in [1.54, 1.807) is 30.3 Å². The monoisotopic (exact) mass is 487 g/mol. The number of H-pyrrole nitrogens is 1. The zero-order chi connectivity index (χ0) is 23.6. The van der Waals surface area contributed by atoms with Crippen molar-refractivity contribution < 1.29 is 22.4 Å². The molecule has 0 unspecified atom stereocenters. The fourth-order valence-electron chi connectivity index (χ4n) is 3.12. The maximum absolute atomic E-state index is 12.9. The molecule has 170 valence electrons. The Hall–Kier alpha value is -3.60. The molecular formula is C22H18ClN3O6S. The van der Waals surface area contributed by atoms with Gasteiger partial charge < -0.3 is 14.5 Å². The fourth-order valence-corrected chi connectivity index (χ4v) is 4.46. The molecule has 1 aromatic heterocycles.